The van der Waals surface area contributed by atoms with Crippen LogP contribution in [0.15, 0.2) is 36.4 Å². The lowest BCUT2D eigenvalue weighted by Crippen LogP contribution is -2.22. The lowest BCUT2D eigenvalue weighted by molar-refractivity contribution is -0.542. The normalized spacial score (nSPS) is 16.2. The van der Waals surface area contributed by atoms with Gasteiger partial charge in [-0.1, -0.05) is 64.1 Å². The lowest BCUT2D eigenvalue weighted by atomic mass is 9.92. The van der Waals surface area contributed by atoms with Crippen LogP contribution in [-0.4, -0.2) is 61.1 Å². The molecule has 2 heterocycles. The number of anilines is 2. The Morgan fingerprint density at radius 2 is 1.15 bits per heavy atom. The van der Waals surface area contributed by atoms with Crippen LogP contribution < -0.4 is 9.80 Å². The van der Waals surface area contributed by atoms with Crippen molar-refractivity contribution in [1.82, 2.24) is 0 Å². The van der Waals surface area contributed by atoms with Gasteiger partial charge < -0.3 is 0 Å². The minimum absolute atomic E-state index is 0.534. The molecule has 4 rings (SSSR count). The molecule has 0 aromatic heterocycles. The van der Waals surface area contributed by atoms with Crippen molar-refractivity contribution < 1.29 is 9.15 Å². The van der Waals surface area contributed by atoms with Crippen molar-refractivity contribution in [1.29, 1.82) is 0 Å². The summed E-state index contributed by atoms with van der Waals surface area (Å²) in [7, 11) is 0. The van der Waals surface area contributed by atoms with Crippen LogP contribution in [0, 0.1) is 13.8 Å². The SMILES string of the molecule is Cc1cccc(C)c1N1C=[N+](CCC[N+]2=CN(c3c(C(C)C)cccc3C(C)C)CC2)CC1. The van der Waals surface area contributed by atoms with Crippen molar-refractivity contribution in [2.45, 2.75) is 59.8 Å². The predicted octanol–water partition coefficient (Wildman–Crippen LogP) is 5.36. The first-order chi connectivity index (χ1) is 15.8. The highest BCUT2D eigenvalue weighted by Gasteiger charge is 2.28. The van der Waals surface area contributed by atoms with Gasteiger partial charge in [0.2, 0.25) is 12.7 Å². The third-order valence-corrected chi connectivity index (χ3v) is 7.11. The zero-order valence-corrected chi connectivity index (χ0v) is 21.5. The van der Waals surface area contributed by atoms with Crippen LogP contribution in [0.25, 0.3) is 0 Å². The molecule has 33 heavy (non-hydrogen) atoms. The third-order valence-electron chi connectivity index (χ3n) is 7.11. The Balaban J connectivity index is 1.40. The Morgan fingerprint density at radius 1 is 0.697 bits per heavy atom. The van der Waals surface area contributed by atoms with Gasteiger partial charge in [-0.2, -0.15) is 0 Å². The second-order valence-electron chi connectivity index (χ2n) is 10.4. The molecular weight excluding hydrogens is 404 g/mol. The summed E-state index contributed by atoms with van der Waals surface area (Å²) in [5, 5.41) is 0. The van der Waals surface area contributed by atoms with E-state index in [0.29, 0.717) is 11.8 Å². The molecule has 0 bridgehead atoms. The zero-order chi connectivity index (χ0) is 23.5. The molecule has 0 amide bonds. The number of hydrogen-bond acceptors (Lipinski definition) is 2. The van der Waals surface area contributed by atoms with Gasteiger partial charge in [0.1, 0.15) is 37.6 Å². The first-order valence-electron chi connectivity index (χ1n) is 12.8. The van der Waals surface area contributed by atoms with Crippen molar-refractivity contribution in [2.75, 3.05) is 49.1 Å². The van der Waals surface area contributed by atoms with Crippen molar-refractivity contribution in [3.8, 4) is 0 Å². The predicted molar refractivity (Wildman–Crippen MR) is 142 cm³/mol. The molecule has 0 unspecified atom stereocenters. The van der Waals surface area contributed by atoms with E-state index >= 15 is 0 Å². The van der Waals surface area contributed by atoms with Crippen molar-refractivity contribution in [3.05, 3.63) is 58.7 Å². The molecule has 0 N–H and O–H groups in total. The summed E-state index contributed by atoms with van der Waals surface area (Å²) >= 11 is 0. The molecule has 0 aliphatic carbocycles. The summed E-state index contributed by atoms with van der Waals surface area (Å²) < 4.78 is 5.01. The number of rotatable bonds is 8. The van der Waals surface area contributed by atoms with Crippen LogP contribution in [0.5, 0.6) is 0 Å². The summed E-state index contributed by atoms with van der Waals surface area (Å²) in [5.41, 5.74) is 8.50. The smallest absolute Gasteiger partial charge is 0.239 e. The number of para-hydroxylation sites is 2. The molecule has 2 aromatic carbocycles. The molecule has 2 aromatic rings. The first-order valence-corrected chi connectivity index (χ1v) is 12.8. The number of benzene rings is 2. The van der Waals surface area contributed by atoms with Gasteiger partial charge in [-0.3, -0.25) is 9.15 Å². The van der Waals surface area contributed by atoms with E-state index in [9.17, 15) is 0 Å². The van der Waals surface area contributed by atoms with Crippen LogP contribution in [-0.2, 0) is 0 Å². The van der Waals surface area contributed by atoms with Crippen molar-refractivity contribution in [2.24, 2.45) is 0 Å². The van der Waals surface area contributed by atoms with E-state index in [1.807, 2.05) is 0 Å². The van der Waals surface area contributed by atoms with Crippen LogP contribution in [0.2, 0.25) is 0 Å². The van der Waals surface area contributed by atoms with Crippen LogP contribution in [0.4, 0.5) is 11.4 Å². The third kappa shape index (κ3) is 5.15. The van der Waals surface area contributed by atoms with E-state index < -0.39 is 0 Å². The summed E-state index contributed by atoms with van der Waals surface area (Å²) in [6.07, 6.45) is 5.90. The molecule has 0 saturated heterocycles. The van der Waals surface area contributed by atoms with E-state index in [4.69, 9.17) is 0 Å². The maximum Gasteiger partial charge on any atom is 0.239 e. The second-order valence-corrected chi connectivity index (χ2v) is 10.4. The largest absolute Gasteiger partial charge is 0.264 e. The Kier molecular flexibility index (Phi) is 7.21. The fourth-order valence-corrected chi connectivity index (χ4v) is 5.35. The van der Waals surface area contributed by atoms with E-state index in [1.54, 1.807) is 0 Å². The molecule has 2 aliphatic rings. The molecule has 0 spiro atoms. The molecule has 0 fully saturated rings. The maximum atomic E-state index is 2.51. The Hall–Kier alpha value is -2.62. The number of hydrogen-bond donors (Lipinski definition) is 0. The van der Waals surface area contributed by atoms with E-state index in [2.05, 4.69) is 110 Å². The van der Waals surface area contributed by atoms with Gasteiger partial charge in [-0.15, -0.1) is 0 Å². The fraction of sp³-hybridized carbons (Fsp3) is 0.517. The van der Waals surface area contributed by atoms with Gasteiger partial charge in [-0.25, -0.2) is 9.80 Å². The molecule has 4 heteroatoms. The molecule has 176 valence electrons. The van der Waals surface area contributed by atoms with Gasteiger partial charge >= 0.3 is 0 Å². The molecule has 4 nitrogen and oxygen atoms in total. The van der Waals surface area contributed by atoms with Crippen molar-refractivity contribution in [3.63, 3.8) is 0 Å². The Morgan fingerprint density at radius 3 is 1.64 bits per heavy atom. The van der Waals surface area contributed by atoms with Gasteiger partial charge in [0.25, 0.3) is 0 Å². The van der Waals surface area contributed by atoms with Gasteiger partial charge in [-0.05, 0) is 36.8 Å². The minimum atomic E-state index is 0.534. The van der Waals surface area contributed by atoms with Crippen LogP contribution in [0.3, 0.4) is 0 Å². The molecule has 2 aliphatic heterocycles. The quantitative estimate of drug-likeness (QED) is 0.506. The van der Waals surface area contributed by atoms with Gasteiger partial charge in [0, 0.05) is 17.5 Å². The standard InChI is InChI=1S/C29H42N4/c1-22(2)26-12-8-13-27(23(3)4)29(26)33-19-17-31(21-33)15-9-14-30-16-18-32(20-30)28-24(5)10-7-11-25(28)6/h7-8,10-13,20-23H,9,14-19H2,1-6H3/q+2. The fourth-order valence-electron chi connectivity index (χ4n) is 5.35. The maximum absolute atomic E-state index is 2.51. The highest BCUT2D eigenvalue weighted by Crippen LogP contribution is 2.35. The lowest BCUT2D eigenvalue weighted by Gasteiger charge is -2.20. The van der Waals surface area contributed by atoms with E-state index in [1.165, 1.54) is 40.0 Å². The Labute approximate surface area is 200 Å². The van der Waals surface area contributed by atoms with Crippen LogP contribution in [0.1, 0.15) is 68.2 Å². The van der Waals surface area contributed by atoms with E-state index in [0.717, 1.165) is 39.3 Å². The first kappa shape index (κ1) is 23.5. The second kappa shape index (κ2) is 10.1. The molecule has 0 saturated carbocycles. The summed E-state index contributed by atoms with van der Waals surface area (Å²) in [6.45, 7) is 20.3. The highest BCUT2D eigenvalue weighted by atomic mass is 15.3. The monoisotopic (exact) mass is 446 g/mol. The van der Waals surface area contributed by atoms with Gasteiger partial charge in [0.15, 0.2) is 0 Å². The molecular formula is C29H42N4+2. The van der Waals surface area contributed by atoms with E-state index in [-0.39, 0.29) is 0 Å². The average molecular weight is 447 g/mol. The molecule has 0 radical (unpaired) electrons. The minimum Gasteiger partial charge on any atom is -0.264 e. The summed E-state index contributed by atoms with van der Waals surface area (Å²) in [4.78, 5) is 4.94. The average Bonchev–Trinajstić information content (AvgIpc) is 3.43. The topological polar surface area (TPSA) is 12.5 Å². The number of aryl methyl sites for hydroxylation is 2. The van der Waals surface area contributed by atoms with Crippen molar-refractivity contribution >= 4 is 24.1 Å². The summed E-state index contributed by atoms with van der Waals surface area (Å²) in [5.74, 6) is 1.07. The Bertz CT molecular complexity index is 1000. The highest BCUT2D eigenvalue weighted by molar-refractivity contribution is 5.82. The molecule has 0 atom stereocenters. The summed E-state index contributed by atoms with van der Waals surface area (Å²) in [6, 6.07) is 13.4. The van der Waals surface area contributed by atoms with Gasteiger partial charge in [0.05, 0.1) is 13.1 Å². The van der Waals surface area contributed by atoms with Crippen LogP contribution >= 0.6 is 0 Å². The zero-order valence-electron chi connectivity index (χ0n) is 21.5. The number of nitrogens with zero attached hydrogens (tertiary/aromatic N) is 4.